The van der Waals surface area contributed by atoms with E-state index in [0.29, 0.717) is 5.57 Å². The summed E-state index contributed by atoms with van der Waals surface area (Å²) in [5.74, 6) is -0.678. The van der Waals surface area contributed by atoms with E-state index in [9.17, 15) is 9.59 Å². The zero-order valence-electron chi connectivity index (χ0n) is 8.00. The highest BCUT2D eigenvalue weighted by Gasteiger charge is 2.22. The molecule has 1 aromatic rings. The molecule has 4 heteroatoms. The molecule has 0 fully saturated rings. The third-order valence-corrected chi connectivity index (χ3v) is 2.73. The van der Waals surface area contributed by atoms with E-state index < -0.39 is 0 Å². The van der Waals surface area contributed by atoms with E-state index in [-0.39, 0.29) is 11.8 Å². The van der Waals surface area contributed by atoms with Crippen molar-refractivity contribution < 1.29 is 9.59 Å². The van der Waals surface area contributed by atoms with Gasteiger partial charge in [-0.05, 0) is 30.2 Å². The summed E-state index contributed by atoms with van der Waals surface area (Å²) >= 11 is 3.34. The van der Waals surface area contributed by atoms with Gasteiger partial charge < -0.3 is 0 Å². The number of carbonyl (C=O) groups is 2. The van der Waals surface area contributed by atoms with Gasteiger partial charge >= 0.3 is 0 Å². The molecular weight excluding hydrogens is 258 g/mol. The Kier molecular flexibility index (Phi) is 2.44. The van der Waals surface area contributed by atoms with Crippen LogP contribution in [-0.2, 0) is 9.59 Å². The van der Waals surface area contributed by atoms with Crippen LogP contribution in [0.4, 0.5) is 0 Å². The molecule has 0 unspecified atom stereocenters. The van der Waals surface area contributed by atoms with E-state index in [0.717, 1.165) is 15.6 Å². The quantitative estimate of drug-likeness (QED) is 0.788. The third-order valence-electron chi connectivity index (χ3n) is 2.24. The second-order valence-electron chi connectivity index (χ2n) is 3.34. The molecule has 0 saturated heterocycles. The Labute approximate surface area is 95.3 Å². The Morgan fingerprint density at radius 3 is 2.53 bits per heavy atom. The third kappa shape index (κ3) is 1.85. The molecule has 2 amide bonds. The fourth-order valence-electron chi connectivity index (χ4n) is 1.54. The molecular formula is C11H8BrNO2. The first kappa shape index (κ1) is 10.1. The Morgan fingerprint density at radius 2 is 2.00 bits per heavy atom. The van der Waals surface area contributed by atoms with Gasteiger partial charge in [0.15, 0.2) is 0 Å². The maximum Gasteiger partial charge on any atom is 0.258 e. The number of hydrogen-bond acceptors (Lipinski definition) is 2. The normalized spacial score (nSPS) is 15.2. The Balaban J connectivity index is 2.51. The monoisotopic (exact) mass is 265 g/mol. The minimum absolute atomic E-state index is 0.328. The summed E-state index contributed by atoms with van der Waals surface area (Å²) in [7, 11) is 0. The standard InChI is InChI=1S/C11H8BrNO2/c1-6-4-7(12)2-3-8(6)9-5-10(14)13-11(9)15/h2-5H,1H3,(H,13,14,15). The molecule has 1 N–H and O–H groups in total. The fraction of sp³-hybridized carbons (Fsp3) is 0.0909. The summed E-state index contributed by atoms with van der Waals surface area (Å²) in [5.41, 5.74) is 2.19. The zero-order valence-corrected chi connectivity index (χ0v) is 9.59. The Bertz CT molecular complexity index is 491. The summed E-state index contributed by atoms with van der Waals surface area (Å²) in [4.78, 5) is 22.4. The van der Waals surface area contributed by atoms with Crippen molar-refractivity contribution in [1.82, 2.24) is 5.32 Å². The van der Waals surface area contributed by atoms with Gasteiger partial charge in [-0.2, -0.15) is 0 Å². The van der Waals surface area contributed by atoms with Gasteiger partial charge in [-0.3, -0.25) is 14.9 Å². The molecule has 0 atom stereocenters. The van der Waals surface area contributed by atoms with E-state index in [1.807, 2.05) is 25.1 Å². The van der Waals surface area contributed by atoms with Crippen molar-refractivity contribution in [1.29, 1.82) is 0 Å². The van der Waals surface area contributed by atoms with Crippen LogP contribution in [-0.4, -0.2) is 11.8 Å². The number of halogens is 1. The molecule has 0 radical (unpaired) electrons. The largest absolute Gasteiger partial charge is 0.289 e. The molecule has 0 saturated carbocycles. The van der Waals surface area contributed by atoms with Crippen molar-refractivity contribution >= 4 is 33.3 Å². The first-order chi connectivity index (χ1) is 7.08. The minimum Gasteiger partial charge on any atom is -0.289 e. The van der Waals surface area contributed by atoms with Crippen molar-refractivity contribution in [2.24, 2.45) is 0 Å². The van der Waals surface area contributed by atoms with Crippen LogP contribution in [0.15, 0.2) is 28.7 Å². The van der Waals surface area contributed by atoms with Crippen LogP contribution in [0.25, 0.3) is 5.57 Å². The highest BCUT2D eigenvalue weighted by atomic mass is 79.9. The molecule has 0 aromatic heterocycles. The van der Waals surface area contributed by atoms with Crippen LogP contribution in [0, 0.1) is 6.92 Å². The van der Waals surface area contributed by atoms with Gasteiger partial charge in [0, 0.05) is 10.5 Å². The number of imide groups is 1. The second-order valence-corrected chi connectivity index (χ2v) is 4.25. The first-order valence-electron chi connectivity index (χ1n) is 4.41. The molecule has 0 bridgehead atoms. The Morgan fingerprint density at radius 1 is 1.27 bits per heavy atom. The number of hydrogen-bond donors (Lipinski definition) is 1. The lowest BCUT2D eigenvalue weighted by molar-refractivity contribution is -0.123. The molecule has 15 heavy (non-hydrogen) atoms. The number of benzene rings is 1. The number of carbonyl (C=O) groups excluding carboxylic acids is 2. The lowest BCUT2D eigenvalue weighted by Gasteiger charge is -2.05. The fourth-order valence-corrected chi connectivity index (χ4v) is 2.02. The molecule has 76 valence electrons. The second kappa shape index (κ2) is 3.62. The maximum atomic E-state index is 11.4. The van der Waals surface area contributed by atoms with Crippen molar-refractivity contribution in [2.45, 2.75) is 6.92 Å². The van der Waals surface area contributed by atoms with Gasteiger partial charge in [-0.25, -0.2) is 0 Å². The number of rotatable bonds is 1. The lowest BCUT2D eigenvalue weighted by Crippen LogP contribution is -2.21. The van der Waals surface area contributed by atoms with Crippen LogP contribution in [0.3, 0.4) is 0 Å². The van der Waals surface area contributed by atoms with Crippen molar-refractivity contribution in [3.8, 4) is 0 Å². The van der Waals surface area contributed by atoms with Crippen molar-refractivity contribution in [3.05, 3.63) is 39.9 Å². The number of aryl methyl sites for hydroxylation is 1. The summed E-state index contributed by atoms with van der Waals surface area (Å²) in [6, 6.07) is 5.58. The van der Waals surface area contributed by atoms with E-state index >= 15 is 0 Å². The van der Waals surface area contributed by atoms with Gasteiger partial charge in [-0.1, -0.05) is 22.0 Å². The average molecular weight is 266 g/mol. The molecule has 1 aliphatic heterocycles. The summed E-state index contributed by atoms with van der Waals surface area (Å²) in [6.45, 7) is 1.90. The van der Waals surface area contributed by atoms with Gasteiger partial charge in [0.2, 0.25) is 0 Å². The van der Waals surface area contributed by atoms with Gasteiger partial charge in [0.25, 0.3) is 11.8 Å². The van der Waals surface area contributed by atoms with Crippen LogP contribution in [0.5, 0.6) is 0 Å². The molecule has 1 aliphatic rings. The van der Waals surface area contributed by atoms with Crippen LogP contribution < -0.4 is 5.32 Å². The van der Waals surface area contributed by atoms with E-state index in [4.69, 9.17) is 0 Å². The predicted molar refractivity (Wildman–Crippen MR) is 60.0 cm³/mol. The predicted octanol–water partition coefficient (Wildman–Crippen LogP) is 1.80. The molecule has 3 nitrogen and oxygen atoms in total. The van der Waals surface area contributed by atoms with E-state index in [1.165, 1.54) is 6.08 Å². The highest BCUT2D eigenvalue weighted by Crippen LogP contribution is 2.24. The van der Waals surface area contributed by atoms with E-state index in [1.54, 1.807) is 0 Å². The van der Waals surface area contributed by atoms with Gasteiger partial charge in [0.05, 0.1) is 5.57 Å². The van der Waals surface area contributed by atoms with Crippen LogP contribution >= 0.6 is 15.9 Å². The first-order valence-corrected chi connectivity index (χ1v) is 5.21. The smallest absolute Gasteiger partial charge is 0.258 e. The Hall–Kier alpha value is -1.42. The summed E-state index contributed by atoms with van der Waals surface area (Å²) in [6.07, 6.45) is 1.33. The molecule has 0 spiro atoms. The highest BCUT2D eigenvalue weighted by molar-refractivity contribution is 9.10. The molecule has 2 rings (SSSR count). The van der Waals surface area contributed by atoms with Gasteiger partial charge in [0.1, 0.15) is 0 Å². The van der Waals surface area contributed by atoms with Crippen LogP contribution in [0.2, 0.25) is 0 Å². The molecule has 1 aromatic carbocycles. The maximum absolute atomic E-state index is 11.4. The molecule has 1 heterocycles. The summed E-state index contributed by atoms with van der Waals surface area (Å²) < 4.78 is 0.953. The SMILES string of the molecule is Cc1cc(Br)ccc1C1=CC(=O)NC1=O. The number of nitrogens with one attached hydrogen (secondary N) is 1. The minimum atomic E-state index is -0.350. The van der Waals surface area contributed by atoms with Gasteiger partial charge in [-0.15, -0.1) is 0 Å². The number of amides is 2. The lowest BCUT2D eigenvalue weighted by atomic mass is 10.0. The zero-order chi connectivity index (χ0) is 11.0. The van der Waals surface area contributed by atoms with E-state index in [2.05, 4.69) is 21.2 Å². The average Bonchev–Trinajstić information content (AvgIpc) is 2.45. The van der Waals surface area contributed by atoms with Crippen molar-refractivity contribution in [2.75, 3.05) is 0 Å². The topological polar surface area (TPSA) is 46.2 Å². The molecule has 0 aliphatic carbocycles. The summed E-state index contributed by atoms with van der Waals surface area (Å²) in [5, 5.41) is 2.22. The van der Waals surface area contributed by atoms with Crippen molar-refractivity contribution in [3.63, 3.8) is 0 Å². The van der Waals surface area contributed by atoms with Crippen LogP contribution in [0.1, 0.15) is 11.1 Å².